The molecule has 1 saturated heterocycles. The van der Waals surface area contributed by atoms with Crippen LogP contribution in [0.3, 0.4) is 0 Å². The molecule has 2 atom stereocenters. The minimum absolute atomic E-state index is 0.175. The molecule has 3 amide bonds. The molecule has 1 aliphatic heterocycles. The summed E-state index contributed by atoms with van der Waals surface area (Å²) < 4.78 is 21.2. The van der Waals surface area contributed by atoms with Gasteiger partial charge in [-0.05, 0) is 82.1 Å². The molecule has 200 valence electrons. The largest absolute Gasteiger partial charge is 0.444 e. The number of benzene rings is 2. The average molecular weight is 603 g/mol. The Hall–Kier alpha value is -3.24. The van der Waals surface area contributed by atoms with Gasteiger partial charge in [0.25, 0.3) is 0 Å². The Balaban J connectivity index is 1.43. The maximum atomic E-state index is 14.7. The normalized spacial score (nSPS) is 17.3. The smallest absolute Gasteiger partial charge is 0.410 e. The molecule has 2 heterocycles. The molecular formula is C28H29BrFN3O4S. The van der Waals surface area contributed by atoms with Crippen molar-refractivity contribution in [2.24, 2.45) is 0 Å². The topological polar surface area (TPSA) is 87.7 Å². The van der Waals surface area contributed by atoms with Gasteiger partial charge in [-0.2, -0.15) is 0 Å². The highest BCUT2D eigenvalue weighted by molar-refractivity contribution is 9.10. The Kier molecular flexibility index (Phi) is 8.22. The maximum absolute atomic E-state index is 14.7. The van der Waals surface area contributed by atoms with Gasteiger partial charge in [0.05, 0.1) is 6.04 Å². The third-order valence-electron chi connectivity index (χ3n) is 5.96. The zero-order valence-electron chi connectivity index (χ0n) is 21.5. The molecule has 1 fully saturated rings. The van der Waals surface area contributed by atoms with Gasteiger partial charge in [-0.15, -0.1) is 11.3 Å². The number of likely N-dealkylation sites (tertiary alicyclic amines) is 1. The van der Waals surface area contributed by atoms with Crippen molar-refractivity contribution in [3.8, 4) is 10.4 Å². The molecule has 1 aliphatic rings. The van der Waals surface area contributed by atoms with Crippen LogP contribution in [-0.4, -0.2) is 41.0 Å². The van der Waals surface area contributed by atoms with E-state index in [1.807, 2.05) is 43.3 Å². The molecule has 10 heteroatoms. The summed E-state index contributed by atoms with van der Waals surface area (Å²) in [7, 11) is 0. The maximum Gasteiger partial charge on any atom is 0.410 e. The van der Waals surface area contributed by atoms with E-state index in [1.54, 1.807) is 37.8 Å². The van der Waals surface area contributed by atoms with Crippen molar-refractivity contribution in [2.45, 2.75) is 51.8 Å². The molecule has 2 aromatic carbocycles. The van der Waals surface area contributed by atoms with Crippen LogP contribution in [0.4, 0.5) is 14.9 Å². The number of anilines is 1. The number of nitrogens with zero attached hydrogens (tertiary/aromatic N) is 1. The number of hydrogen-bond acceptors (Lipinski definition) is 5. The molecule has 0 aliphatic carbocycles. The van der Waals surface area contributed by atoms with Crippen LogP contribution in [0, 0.1) is 12.7 Å². The molecule has 3 aromatic rings. The second kappa shape index (κ2) is 11.2. The lowest BCUT2D eigenvalue weighted by molar-refractivity contribution is -0.136. The van der Waals surface area contributed by atoms with Crippen molar-refractivity contribution < 1.29 is 23.5 Å². The van der Waals surface area contributed by atoms with Crippen LogP contribution in [0.1, 0.15) is 43.7 Å². The van der Waals surface area contributed by atoms with E-state index < -0.39 is 35.4 Å². The van der Waals surface area contributed by atoms with E-state index in [2.05, 4.69) is 26.6 Å². The summed E-state index contributed by atoms with van der Waals surface area (Å²) >= 11 is 4.89. The second-order valence-electron chi connectivity index (χ2n) is 10.2. The molecule has 2 N–H and O–H groups in total. The van der Waals surface area contributed by atoms with Gasteiger partial charge in [0.2, 0.25) is 0 Å². The van der Waals surface area contributed by atoms with Gasteiger partial charge in [-0.25, -0.2) is 9.18 Å². The molecule has 0 saturated carbocycles. The van der Waals surface area contributed by atoms with Crippen LogP contribution in [0.25, 0.3) is 10.4 Å². The molecule has 2 unspecified atom stereocenters. The van der Waals surface area contributed by atoms with E-state index in [-0.39, 0.29) is 18.3 Å². The Morgan fingerprint density at radius 2 is 1.76 bits per heavy atom. The fourth-order valence-electron chi connectivity index (χ4n) is 4.27. The minimum atomic E-state index is -0.917. The van der Waals surface area contributed by atoms with Crippen molar-refractivity contribution in [1.29, 1.82) is 0 Å². The third-order valence-corrected chi connectivity index (χ3v) is 7.52. The zero-order valence-corrected chi connectivity index (χ0v) is 23.9. The van der Waals surface area contributed by atoms with E-state index in [1.165, 1.54) is 17.4 Å². The second-order valence-corrected chi connectivity index (χ2v) is 12.4. The Labute approximate surface area is 233 Å². The highest BCUT2D eigenvalue weighted by Gasteiger charge is 2.39. The summed E-state index contributed by atoms with van der Waals surface area (Å²) in [4.78, 5) is 41.7. The third kappa shape index (κ3) is 6.79. The highest BCUT2D eigenvalue weighted by Crippen LogP contribution is 2.34. The van der Waals surface area contributed by atoms with Crippen LogP contribution >= 0.6 is 27.3 Å². The predicted octanol–water partition coefficient (Wildman–Crippen LogP) is 6.43. The first kappa shape index (κ1) is 27.8. The highest BCUT2D eigenvalue weighted by atomic mass is 79.9. The summed E-state index contributed by atoms with van der Waals surface area (Å²) in [6.07, 6.45) is -0.0909. The van der Waals surface area contributed by atoms with Gasteiger partial charge >= 0.3 is 17.9 Å². The number of ether oxygens (including phenoxy) is 1. The van der Waals surface area contributed by atoms with Gasteiger partial charge in [0.1, 0.15) is 11.4 Å². The van der Waals surface area contributed by atoms with Gasteiger partial charge in [-0.3, -0.25) is 14.5 Å². The molecule has 38 heavy (non-hydrogen) atoms. The first-order valence-corrected chi connectivity index (χ1v) is 13.7. The van der Waals surface area contributed by atoms with Crippen LogP contribution < -0.4 is 10.6 Å². The van der Waals surface area contributed by atoms with Gasteiger partial charge in [-0.1, -0.05) is 28.1 Å². The fourth-order valence-corrected chi connectivity index (χ4v) is 5.43. The number of thiophene rings is 1. The van der Waals surface area contributed by atoms with Crippen molar-refractivity contribution in [3.63, 3.8) is 0 Å². The first-order valence-electron chi connectivity index (χ1n) is 12.1. The van der Waals surface area contributed by atoms with Crippen LogP contribution in [0.2, 0.25) is 0 Å². The number of aryl methyl sites for hydroxylation is 1. The number of halogens is 2. The van der Waals surface area contributed by atoms with Crippen LogP contribution in [0.5, 0.6) is 0 Å². The monoisotopic (exact) mass is 601 g/mol. The van der Waals surface area contributed by atoms with E-state index >= 15 is 0 Å². The number of hydrogen-bond donors (Lipinski definition) is 2. The number of nitrogens with one attached hydrogen (secondary N) is 2. The SMILES string of the molecule is Cc1ccc(-c2ccc(NC(=O)C(=O)NC3CC(c4ccc(Br)cc4)N(C(=O)OC(C)(C)C)C3)cc2F)s1. The predicted molar refractivity (Wildman–Crippen MR) is 149 cm³/mol. The summed E-state index contributed by atoms with van der Waals surface area (Å²) in [5.74, 6) is -2.28. The van der Waals surface area contributed by atoms with Gasteiger partial charge in [0.15, 0.2) is 0 Å². The molecular weight excluding hydrogens is 573 g/mol. The van der Waals surface area contributed by atoms with Crippen molar-refractivity contribution >= 4 is 50.9 Å². The zero-order chi connectivity index (χ0) is 27.6. The Bertz CT molecular complexity index is 1350. The number of carbonyl (C=O) groups excluding carboxylic acids is 3. The van der Waals surface area contributed by atoms with E-state index in [0.717, 1.165) is 19.8 Å². The van der Waals surface area contributed by atoms with Gasteiger partial charge < -0.3 is 15.4 Å². The average Bonchev–Trinajstić information content (AvgIpc) is 3.45. The minimum Gasteiger partial charge on any atom is -0.444 e. The Morgan fingerprint density at radius 3 is 2.37 bits per heavy atom. The molecule has 0 bridgehead atoms. The quantitative estimate of drug-likeness (QED) is 0.337. The molecule has 1 aromatic heterocycles. The van der Waals surface area contributed by atoms with E-state index in [9.17, 15) is 18.8 Å². The molecule has 0 radical (unpaired) electrons. The number of rotatable bonds is 4. The van der Waals surface area contributed by atoms with Crippen molar-refractivity contribution in [3.05, 3.63) is 75.3 Å². The number of amides is 3. The van der Waals surface area contributed by atoms with Crippen LogP contribution in [0.15, 0.2) is 59.1 Å². The van der Waals surface area contributed by atoms with E-state index in [0.29, 0.717) is 12.0 Å². The fraction of sp³-hybridized carbons (Fsp3) is 0.321. The Morgan fingerprint density at radius 1 is 1.05 bits per heavy atom. The van der Waals surface area contributed by atoms with E-state index in [4.69, 9.17) is 4.74 Å². The summed E-state index contributed by atoms with van der Waals surface area (Å²) in [6.45, 7) is 7.48. The van der Waals surface area contributed by atoms with Crippen molar-refractivity contribution in [2.75, 3.05) is 11.9 Å². The molecule has 7 nitrogen and oxygen atoms in total. The lowest BCUT2D eigenvalue weighted by Gasteiger charge is -2.28. The number of carbonyl (C=O) groups is 3. The lowest BCUT2D eigenvalue weighted by Crippen LogP contribution is -2.44. The first-order chi connectivity index (χ1) is 17.9. The lowest BCUT2D eigenvalue weighted by atomic mass is 10.0. The molecule has 4 rings (SSSR count). The molecule has 0 spiro atoms. The summed E-state index contributed by atoms with van der Waals surface area (Å²) in [6, 6.07) is 14.8. The van der Waals surface area contributed by atoms with Gasteiger partial charge in [0, 0.05) is 38.1 Å². The summed E-state index contributed by atoms with van der Waals surface area (Å²) in [5.41, 5.74) is 0.805. The van der Waals surface area contributed by atoms with Crippen molar-refractivity contribution in [1.82, 2.24) is 10.2 Å². The van der Waals surface area contributed by atoms with Crippen LogP contribution in [-0.2, 0) is 14.3 Å². The summed E-state index contributed by atoms with van der Waals surface area (Å²) in [5, 5.41) is 5.17. The standard InChI is InChI=1S/C28H29BrFN3O4S/c1-16-5-12-24(38-16)21-11-10-19(13-22(21)30)31-25(34)26(35)32-20-14-23(17-6-8-18(29)9-7-17)33(15-20)27(36)37-28(2,3)4/h5-13,20,23H,14-15H2,1-4H3,(H,31,34)(H,32,35).